The third-order valence-electron chi connectivity index (χ3n) is 5.98. The molecule has 0 aliphatic carbocycles. The van der Waals surface area contributed by atoms with Crippen LogP contribution >= 0.6 is 23.0 Å². The highest BCUT2D eigenvalue weighted by molar-refractivity contribution is 14.1. The highest BCUT2D eigenvalue weighted by atomic mass is 127. The first-order valence-corrected chi connectivity index (χ1v) is 11.3. The zero-order valence-electron chi connectivity index (χ0n) is 17.5. The van der Waals surface area contributed by atoms with E-state index in [1.807, 2.05) is 65.2 Å². The Labute approximate surface area is 195 Å². The van der Waals surface area contributed by atoms with Gasteiger partial charge in [-0.3, -0.25) is 19.1 Å². The summed E-state index contributed by atoms with van der Waals surface area (Å²) < 4.78 is 7.50. The summed E-state index contributed by atoms with van der Waals surface area (Å²) in [5.74, 6) is 0.144. The van der Waals surface area contributed by atoms with Crippen molar-refractivity contribution >= 4 is 39.8 Å². The molecule has 3 heterocycles. The summed E-state index contributed by atoms with van der Waals surface area (Å²) in [4.78, 5) is 36.1. The molecule has 4 rings (SSSR count). The number of halogens is 1. The molecule has 2 aromatic heterocycles. The normalized spacial score (nSPS) is 15.9. The Morgan fingerprint density at radius 3 is 2.77 bits per heavy atom. The number of benzene rings is 1. The van der Waals surface area contributed by atoms with Gasteiger partial charge in [0.2, 0.25) is 5.91 Å². The molecule has 1 amide bonds. The average molecular weight is 532 g/mol. The van der Waals surface area contributed by atoms with E-state index in [0.717, 1.165) is 11.1 Å². The van der Waals surface area contributed by atoms with E-state index in [0.29, 0.717) is 56.2 Å². The summed E-state index contributed by atoms with van der Waals surface area (Å²) in [5.41, 5.74) is 2.29. The number of piperidine rings is 1. The maximum Gasteiger partial charge on any atom is 0.261 e. The van der Waals surface area contributed by atoms with Crippen molar-refractivity contribution < 1.29 is 7.86 Å². The minimum absolute atomic E-state index is 0.0622. The smallest absolute Gasteiger partial charge is 0.261 e. The predicted octanol–water partition coefficient (Wildman–Crippen LogP) is 3.46. The lowest BCUT2D eigenvalue weighted by atomic mass is 9.91. The van der Waals surface area contributed by atoms with Gasteiger partial charge in [0.05, 0.1) is 23.8 Å². The van der Waals surface area contributed by atoms with Crippen LogP contribution in [0, 0.1) is 6.92 Å². The molecule has 0 saturated carbocycles. The lowest BCUT2D eigenvalue weighted by molar-refractivity contribution is -0.134. The van der Waals surface area contributed by atoms with E-state index in [1.165, 1.54) is 0 Å². The Bertz CT molecular complexity index is 1120. The van der Waals surface area contributed by atoms with Crippen molar-refractivity contribution in [3.63, 3.8) is 0 Å². The van der Waals surface area contributed by atoms with Gasteiger partial charge < -0.3 is 7.97 Å². The molecule has 1 aromatic carbocycles. The number of fused-ring (bicyclic) bond motifs is 1. The Morgan fingerprint density at radius 2 is 2.06 bits per heavy atom. The first-order chi connectivity index (χ1) is 15.0. The van der Waals surface area contributed by atoms with Gasteiger partial charge in [0, 0.05) is 31.9 Å². The van der Waals surface area contributed by atoms with Crippen molar-refractivity contribution in [1.29, 1.82) is 0 Å². The zero-order chi connectivity index (χ0) is 21.8. The Hall–Kier alpha value is -2.33. The third kappa shape index (κ3) is 4.95. The molecule has 162 valence electrons. The summed E-state index contributed by atoms with van der Waals surface area (Å²) >= 11 is 1.92. The topological polar surface area (TPSA) is 77.3 Å². The van der Waals surface area contributed by atoms with Gasteiger partial charge >= 0.3 is 0 Å². The molecule has 1 aliphatic rings. The number of nitrogens with zero attached hydrogens (tertiary/aromatic N) is 4. The van der Waals surface area contributed by atoms with Crippen LogP contribution in [0.4, 0.5) is 0 Å². The van der Waals surface area contributed by atoms with E-state index < -0.39 is 5.60 Å². The first-order valence-electron chi connectivity index (χ1n) is 10.4. The van der Waals surface area contributed by atoms with Gasteiger partial charge in [-0.05, 0) is 55.5 Å². The van der Waals surface area contributed by atoms with Crippen LogP contribution in [0.3, 0.4) is 0 Å². The summed E-state index contributed by atoms with van der Waals surface area (Å²) in [7, 11) is 0. The first kappa shape index (κ1) is 21.9. The molecular formula is C23H25IN4O3. The molecule has 0 spiro atoms. The minimum atomic E-state index is -0.495. The molecule has 7 nitrogen and oxygen atoms in total. The van der Waals surface area contributed by atoms with Crippen LogP contribution < -0.4 is 5.56 Å². The van der Waals surface area contributed by atoms with Crippen LogP contribution in [-0.2, 0) is 20.8 Å². The SMILES string of the molecule is Cc1ccc2c(=O)n(CC3(OI)CCN(C(=O)CCc4cccnc4)CC3)cnc2c1. The van der Waals surface area contributed by atoms with Crippen LogP contribution in [0.5, 0.6) is 0 Å². The van der Waals surface area contributed by atoms with Crippen molar-refractivity contribution in [2.24, 2.45) is 0 Å². The van der Waals surface area contributed by atoms with E-state index >= 15 is 0 Å². The molecule has 1 saturated heterocycles. The summed E-state index contributed by atoms with van der Waals surface area (Å²) in [6.07, 6.45) is 7.64. The van der Waals surface area contributed by atoms with Gasteiger partial charge in [-0.1, -0.05) is 12.1 Å². The number of aryl methyl sites for hydroxylation is 2. The molecule has 0 atom stereocenters. The van der Waals surface area contributed by atoms with Gasteiger partial charge in [-0.15, -0.1) is 0 Å². The van der Waals surface area contributed by atoms with Crippen LogP contribution in [0.15, 0.2) is 53.8 Å². The molecular weight excluding hydrogens is 507 g/mol. The zero-order valence-corrected chi connectivity index (χ0v) is 19.6. The molecule has 31 heavy (non-hydrogen) atoms. The van der Waals surface area contributed by atoms with E-state index in [2.05, 4.69) is 9.97 Å². The standard InChI is InChI=1S/C23H25IN4O3/c1-17-4-6-19-20(13-17)26-16-28(22(19)30)15-23(31-24)8-11-27(12-9-23)21(29)7-5-18-3-2-10-25-14-18/h2-4,6,10,13-14,16H,5,7-9,11-12,15H2,1H3. The second-order valence-electron chi connectivity index (χ2n) is 8.20. The number of rotatable bonds is 6. The van der Waals surface area contributed by atoms with Crippen LogP contribution in [-0.4, -0.2) is 44.0 Å². The van der Waals surface area contributed by atoms with Crippen molar-refractivity contribution in [2.75, 3.05) is 13.1 Å². The molecule has 1 aliphatic heterocycles. The number of carbonyl (C=O) groups excluding carboxylic acids is 1. The fourth-order valence-corrected chi connectivity index (χ4v) is 4.65. The second-order valence-corrected chi connectivity index (χ2v) is 8.64. The summed E-state index contributed by atoms with van der Waals surface area (Å²) in [6.45, 7) is 3.63. The lowest BCUT2D eigenvalue weighted by Gasteiger charge is -2.40. The summed E-state index contributed by atoms with van der Waals surface area (Å²) in [5, 5.41) is 0.611. The van der Waals surface area contributed by atoms with Crippen LogP contribution in [0.25, 0.3) is 10.9 Å². The van der Waals surface area contributed by atoms with Crippen molar-refractivity contribution in [3.05, 3.63) is 70.5 Å². The van der Waals surface area contributed by atoms with Gasteiger partial charge in [0.25, 0.3) is 5.56 Å². The number of hydrogen-bond donors (Lipinski definition) is 0. The fourth-order valence-electron chi connectivity index (χ4n) is 4.07. The number of hydrogen-bond acceptors (Lipinski definition) is 5. The van der Waals surface area contributed by atoms with Gasteiger partial charge in [-0.2, -0.15) is 0 Å². The number of pyridine rings is 1. The highest BCUT2D eigenvalue weighted by Gasteiger charge is 2.37. The van der Waals surface area contributed by atoms with Crippen LogP contribution in [0.1, 0.15) is 30.4 Å². The van der Waals surface area contributed by atoms with E-state index in [1.54, 1.807) is 23.3 Å². The monoisotopic (exact) mass is 532 g/mol. The Morgan fingerprint density at radius 1 is 1.26 bits per heavy atom. The molecule has 0 unspecified atom stereocenters. The second kappa shape index (κ2) is 9.44. The quantitative estimate of drug-likeness (QED) is 0.455. The van der Waals surface area contributed by atoms with E-state index in [4.69, 9.17) is 3.07 Å². The highest BCUT2D eigenvalue weighted by Crippen LogP contribution is 2.30. The molecule has 3 aromatic rings. The van der Waals surface area contributed by atoms with E-state index in [9.17, 15) is 9.59 Å². The maximum absolute atomic E-state index is 13.0. The average Bonchev–Trinajstić information content (AvgIpc) is 2.80. The molecule has 8 heteroatoms. The number of aromatic nitrogens is 3. The Kier molecular flexibility index (Phi) is 6.66. The largest absolute Gasteiger partial charge is 0.342 e. The molecule has 1 fully saturated rings. The maximum atomic E-state index is 13.0. The van der Waals surface area contributed by atoms with E-state index in [-0.39, 0.29) is 11.5 Å². The molecule has 0 radical (unpaired) electrons. The summed E-state index contributed by atoms with van der Waals surface area (Å²) in [6, 6.07) is 9.55. The van der Waals surface area contributed by atoms with Crippen molar-refractivity contribution in [2.45, 2.75) is 44.8 Å². The third-order valence-corrected chi connectivity index (χ3v) is 6.91. The number of amides is 1. The van der Waals surface area contributed by atoms with Crippen LogP contribution in [0.2, 0.25) is 0 Å². The fraction of sp³-hybridized carbons (Fsp3) is 0.391. The lowest BCUT2D eigenvalue weighted by Crippen LogP contribution is -2.50. The van der Waals surface area contributed by atoms with Gasteiger partial charge in [0.1, 0.15) is 28.6 Å². The van der Waals surface area contributed by atoms with Crippen molar-refractivity contribution in [1.82, 2.24) is 19.4 Å². The van der Waals surface area contributed by atoms with Gasteiger partial charge in [-0.25, -0.2) is 4.98 Å². The number of carbonyl (C=O) groups is 1. The van der Waals surface area contributed by atoms with Gasteiger partial charge in [0.15, 0.2) is 0 Å². The minimum Gasteiger partial charge on any atom is -0.342 e. The number of likely N-dealkylation sites (tertiary alicyclic amines) is 1. The molecule has 0 bridgehead atoms. The molecule has 0 N–H and O–H groups in total. The predicted molar refractivity (Wildman–Crippen MR) is 127 cm³/mol. The Balaban J connectivity index is 1.41. The van der Waals surface area contributed by atoms with Crippen molar-refractivity contribution in [3.8, 4) is 0 Å².